The number of nitrogens with one attached hydrogen (secondary N) is 1. The number of halogens is 4. The summed E-state index contributed by atoms with van der Waals surface area (Å²) in [4.78, 5) is 23.6. The Kier molecular flexibility index (Phi) is 3.74. The first kappa shape index (κ1) is 12.8. The van der Waals surface area contributed by atoms with Crippen molar-refractivity contribution in [3.05, 3.63) is 27.7 Å². The Hall–Kier alpha value is -1.31. The number of ether oxygens (including phenoxy) is 1. The molecular formula is C8H5BrF3NO3. The summed E-state index contributed by atoms with van der Waals surface area (Å²) >= 11 is 2.97. The maximum Gasteiger partial charge on any atom is 0.573 e. The summed E-state index contributed by atoms with van der Waals surface area (Å²) in [7, 11) is 0. The van der Waals surface area contributed by atoms with E-state index in [-0.39, 0.29) is 16.6 Å². The first-order valence-electron chi connectivity index (χ1n) is 3.90. The van der Waals surface area contributed by atoms with Gasteiger partial charge < -0.3 is 9.72 Å². The minimum atomic E-state index is -4.95. The predicted octanol–water partition coefficient (Wildman–Crippen LogP) is 1.98. The van der Waals surface area contributed by atoms with E-state index in [1.165, 1.54) is 0 Å². The third kappa shape index (κ3) is 3.09. The molecule has 0 bridgehead atoms. The molecule has 0 aliphatic heterocycles. The minimum absolute atomic E-state index is 0.0867. The van der Waals surface area contributed by atoms with Gasteiger partial charge in [-0.1, -0.05) is 15.9 Å². The zero-order chi connectivity index (χ0) is 12.3. The maximum atomic E-state index is 11.9. The lowest BCUT2D eigenvalue weighted by Crippen LogP contribution is -2.23. The van der Waals surface area contributed by atoms with Gasteiger partial charge in [-0.25, -0.2) is 0 Å². The van der Waals surface area contributed by atoms with E-state index in [4.69, 9.17) is 0 Å². The highest BCUT2D eigenvalue weighted by atomic mass is 79.9. The molecule has 0 aromatic carbocycles. The van der Waals surface area contributed by atoms with Crippen molar-refractivity contribution in [2.24, 2.45) is 0 Å². The van der Waals surface area contributed by atoms with Gasteiger partial charge in [-0.05, 0) is 11.6 Å². The number of hydrogen-bond donors (Lipinski definition) is 1. The molecule has 0 fully saturated rings. The second-order valence-corrected chi connectivity index (χ2v) is 3.26. The molecular weight excluding hydrogens is 295 g/mol. The molecule has 0 radical (unpaired) electrons. The highest BCUT2D eigenvalue weighted by Gasteiger charge is 2.32. The molecule has 1 N–H and O–H groups in total. The van der Waals surface area contributed by atoms with E-state index >= 15 is 0 Å². The van der Waals surface area contributed by atoms with Crippen LogP contribution in [0.5, 0.6) is 5.75 Å². The second-order valence-electron chi connectivity index (χ2n) is 2.70. The largest absolute Gasteiger partial charge is 0.573 e. The molecule has 1 aromatic heterocycles. The van der Waals surface area contributed by atoms with Crippen LogP contribution in [0.2, 0.25) is 0 Å². The zero-order valence-corrected chi connectivity index (χ0v) is 9.18. The number of hydrogen-bond acceptors (Lipinski definition) is 3. The molecule has 88 valence electrons. The highest BCUT2D eigenvalue weighted by molar-refractivity contribution is 9.08. The first-order chi connectivity index (χ1) is 7.37. The smallest absolute Gasteiger partial charge is 0.400 e. The van der Waals surface area contributed by atoms with Gasteiger partial charge in [-0.2, -0.15) is 0 Å². The molecule has 0 spiro atoms. The molecule has 0 saturated heterocycles. The Labute approximate surface area is 95.5 Å². The Bertz CT molecular complexity index is 455. The lowest BCUT2D eigenvalue weighted by molar-refractivity contribution is -0.275. The van der Waals surface area contributed by atoms with E-state index in [9.17, 15) is 22.8 Å². The number of rotatable bonds is 3. The Morgan fingerprint density at radius 3 is 2.56 bits per heavy atom. The van der Waals surface area contributed by atoms with Gasteiger partial charge in [-0.15, -0.1) is 13.2 Å². The van der Waals surface area contributed by atoms with Gasteiger partial charge >= 0.3 is 6.36 Å². The molecule has 0 atom stereocenters. The molecule has 4 nitrogen and oxygen atoms in total. The number of carbonyl (C=O) groups excluding carboxylic acids is 1. The van der Waals surface area contributed by atoms with Crippen molar-refractivity contribution in [3.8, 4) is 5.75 Å². The molecule has 0 aliphatic rings. The van der Waals surface area contributed by atoms with Crippen LogP contribution >= 0.6 is 15.9 Å². The number of aromatic amines is 1. The van der Waals surface area contributed by atoms with Crippen molar-refractivity contribution in [1.29, 1.82) is 0 Å². The van der Waals surface area contributed by atoms with Crippen molar-refractivity contribution in [2.45, 2.75) is 11.7 Å². The molecule has 1 heterocycles. The Morgan fingerprint density at radius 2 is 2.12 bits per heavy atom. The molecule has 0 amide bonds. The van der Waals surface area contributed by atoms with Gasteiger partial charge in [0.05, 0.1) is 5.69 Å². The van der Waals surface area contributed by atoms with Gasteiger partial charge in [-0.3, -0.25) is 9.59 Å². The Balaban J connectivity index is 3.22. The predicted molar refractivity (Wildman–Crippen MR) is 51.8 cm³/mol. The van der Waals surface area contributed by atoms with Crippen LogP contribution in [0.1, 0.15) is 16.1 Å². The average Bonchev–Trinajstić information content (AvgIpc) is 2.18. The van der Waals surface area contributed by atoms with Crippen molar-refractivity contribution in [3.63, 3.8) is 0 Å². The summed E-state index contributed by atoms with van der Waals surface area (Å²) in [5, 5.41) is 0.117. The fraction of sp³-hybridized carbons (Fsp3) is 0.250. The van der Waals surface area contributed by atoms with Gasteiger partial charge in [0.15, 0.2) is 12.0 Å². The number of carbonyl (C=O) groups is 1. The summed E-state index contributed by atoms with van der Waals surface area (Å²) in [6.07, 6.45) is -4.60. The van der Waals surface area contributed by atoms with Crippen molar-refractivity contribution < 1.29 is 22.7 Å². The quantitative estimate of drug-likeness (QED) is 0.686. The van der Waals surface area contributed by atoms with E-state index in [0.29, 0.717) is 6.29 Å². The van der Waals surface area contributed by atoms with Crippen LogP contribution in [0.3, 0.4) is 0 Å². The SMILES string of the molecule is O=Cc1[nH]c(=O)c(OC(F)(F)F)cc1CBr. The third-order valence-electron chi connectivity index (χ3n) is 1.61. The van der Waals surface area contributed by atoms with E-state index < -0.39 is 17.7 Å². The van der Waals surface area contributed by atoms with E-state index in [1.54, 1.807) is 0 Å². The number of pyridine rings is 1. The normalized spacial score (nSPS) is 11.2. The van der Waals surface area contributed by atoms with Gasteiger partial charge in [0, 0.05) is 5.33 Å². The maximum absolute atomic E-state index is 11.9. The highest BCUT2D eigenvalue weighted by Crippen LogP contribution is 2.21. The second kappa shape index (κ2) is 4.69. The molecule has 1 aromatic rings. The van der Waals surface area contributed by atoms with E-state index in [1.807, 2.05) is 4.98 Å². The topological polar surface area (TPSA) is 59.2 Å². The monoisotopic (exact) mass is 299 g/mol. The lowest BCUT2D eigenvalue weighted by atomic mass is 10.2. The number of H-pyrrole nitrogens is 1. The van der Waals surface area contributed by atoms with Gasteiger partial charge in [0.2, 0.25) is 0 Å². The van der Waals surface area contributed by atoms with Crippen LogP contribution < -0.4 is 10.3 Å². The molecule has 16 heavy (non-hydrogen) atoms. The van der Waals surface area contributed by atoms with Crippen molar-refractivity contribution in [2.75, 3.05) is 0 Å². The molecule has 0 saturated carbocycles. The summed E-state index contributed by atoms with van der Waals surface area (Å²) < 4.78 is 39.1. The van der Waals surface area contributed by atoms with E-state index in [2.05, 4.69) is 20.7 Å². The fourth-order valence-electron chi connectivity index (χ4n) is 0.982. The van der Waals surface area contributed by atoms with Crippen LogP contribution in [0.4, 0.5) is 13.2 Å². The fourth-order valence-corrected chi connectivity index (χ4v) is 1.45. The van der Waals surface area contributed by atoms with Crippen molar-refractivity contribution in [1.82, 2.24) is 4.98 Å². The molecule has 0 aliphatic carbocycles. The number of aldehydes is 1. The van der Waals surface area contributed by atoms with Crippen LogP contribution in [0.25, 0.3) is 0 Å². The average molecular weight is 300 g/mol. The summed E-state index contributed by atoms with van der Waals surface area (Å²) in [5.74, 6) is -0.896. The summed E-state index contributed by atoms with van der Waals surface area (Å²) in [5.41, 5.74) is -0.991. The standard InChI is InChI=1S/C8H5BrF3NO3/c9-2-4-1-6(16-8(10,11)12)7(15)13-5(4)3-14/h1,3H,2H2,(H,13,15). The van der Waals surface area contributed by atoms with Gasteiger partial charge in [0.1, 0.15) is 0 Å². The molecule has 0 unspecified atom stereocenters. The number of alkyl halides is 4. The van der Waals surface area contributed by atoms with Gasteiger partial charge in [0.25, 0.3) is 5.56 Å². The molecule has 8 heteroatoms. The Morgan fingerprint density at radius 1 is 1.50 bits per heavy atom. The van der Waals surface area contributed by atoms with Crippen LogP contribution in [0.15, 0.2) is 10.9 Å². The summed E-state index contributed by atoms with van der Waals surface area (Å²) in [6, 6.07) is 0.866. The van der Waals surface area contributed by atoms with Crippen LogP contribution in [-0.2, 0) is 5.33 Å². The lowest BCUT2D eigenvalue weighted by Gasteiger charge is -2.09. The summed E-state index contributed by atoms with van der Waals surface area (Å²) in [6.45, 7) is 0. The minimum Gasteiger partial charge on any atom is -0.400 e. The third-order valence-corrected chi connectivity index (χ3v) is 2.21. The first-order valence-corrected chi connectivity index (χ1v) is 5.02. The van der Waals surface area contributed by atoms with Crippen molar-refractivity contribution >= 4 is 22.2 Å². The van der Waals surface area contributed by atoms with Crippen LogP contribution in [-0.4, -0.2) is 17.6 Å². The zero-order valence-electron chi connectivity index (χ0n) is 7.60. The molecule has 1 rings (SSSR count). The van der Waals surface area contributed by atoms with E-state index in [0.717, 1.165) is 6.07 Å². The van der Waals surface area contributed by atoms with Crippen LogP contribution in [0, 0.1) is 0 Å². The number of aromatic nitrogens is 1.